The van der Waals surface area contributed by atoms with Gasteiger partial charge in [0.25, 0.3) is 0 Å². The van der Waals surface area contributed by atoms with Crippen molar-refractivity contribution in [3.05, 3.63) is 29.3 Å². The van der Waals surface area contributed by atoms with E-state index in [1.807, 2.05) is 26.0 Å². The number of aryl methyl sites for hydroxylation is 2. The van der Waals surface area contributed by atoms with Gasteiger partial charge in [0.05, 0.1) is 17.6 Å². The van der Waals surface area contributed by atoms with Gasteiger partial charge in [-0.1, -0.05) is 17.7 Å². The summed E-state index contributed by atoms with van der Waals surface area (Å²) in [6.07, 6.45) is 0.791. The molecule has 1 aromatic rings. The van der Waals surface area contributed by atoms with Gasteiger partial charge in [-0.2, -0.15) is 0 Å². The molecule has 0 aliphatic carbocycles. The summed E-state index contributed by atoms with van der Waals surface area (Å²) in [5.41, 5.74) is 1.83. The number of hydrogen-bond donors (Lipinski definition) is 1. The number of benzene rings is 1. The van der Waals surface area contributed by atoms with Gasteiger partial charge in [0.15, 0.2) is 0 Å². The van der Waals surface area contributed by atoms with Crippen molar-refractivity contribution in [3.8, 4) is 0 Å². The molecule has 1 aliphatic rings. The highest BCUT2D eigenvalue weighted by molar-refractivity contribution is 7.89. The number of nitrogens with zero attached hydrogens (tertiary/aromatic N) is 1. The Morgan fingerprint density at radius 3 is 2.81 bits per heavy atom. The fourth-order valence-electron chi connectivity index (χ4n) is 2.57. The van der Waals surface area contributed by atoms with Gasteiger partial charge in [-0.05, 0) is 38.9 Å². The lowest BCUT2D eigenvalue weighted by molar-refractivity contribution is -0.0222. The molecule has 0 saturated carbocycles. The minimum atomic E-state index is -3.44. The molecule has 1 aromatic carbocycles. The fourth-order valence-corrected chi connectivity index (χ4v) is 3.85. The zero-order chi connectivity index (χ0) is 15.5. The van der Waals surface area contributed by atoms with Crippen LogP contribution in [0.25, 0.3) is 0 Å². The molecule has 0 bridgehead atoms. The number of morpholine rings is 1. The van der Waals surface area contributed by atoms with Crippen molar-refractivity contribution in [2.45, 2.75) is 31.3 Å². The number of ether oxygens (including phenoxy) is 1. The van der Waals surface area contributed by atoms with E-state index < -0.39 is 10.0 Å². The molecule has 2 rings (SSSR count). The summed E-state index contributed by atoms with van der Waals surface area (Å²) in [5.74, 6) is 0. The first-order valence-corrected chi connectivity index (χ1v) is 8.74. The maximum absolute atomic E-state index is 12.3. The van der Waals surface area contributed by atoms with Gasteiger partial charge in [0, 0.05) is 19.6 Å². The van der Waals surface area contributed by atoms with Gasteiger partial charge in [-0.3, -0.25) is 0 Å². The molecular weight excluding hydrogens is 288 g/mol. The maximum Gasteiger partial charge on any atom is 0.240 e. The number of rotatable bonds is 5. The summed E-state index contributed by atoms with van der Waals surface area (Å²) in [7, 11) is -1.39. The van der Waals surface area contributed by atoms with Crippen LogP contribution in [-0.4, -0.2) is 52.7 Å². The Bertz CT molecular complexity index is 587. The highest BCUT2D eigenvalue weighted by atomic mass is 32.2. The minimum Gasteiger partial charge on any atom is -0.376 e. The molecule has 118 valence electrons. The Hall–Kier alpha value is -0.950. The lowest BCUT2D eigenvalue weighted by Gasteiger charge is -2.30. The Kier molecular flexibility index (Phi) is 5.37. The molecule has 1 heterocycles. The first-order chi connectivity index (χ1) is 9.88. The van der Waals surface area contributed by atoms with E-state index in [0.29, 0.717) is 24.5 Å². The highest BCUT2D eigenvalue weighted by Crippen LogP contribution is 2.16. The van der Waals surface area contributed by atoms with Crippen LogP contribution < -0.4 is 4.72 Å². The Balaban J connectivity index is 1.92. The Morgan fingerprint density at radius 1 is 1.38 bits per heavy atom. The molecule has 1 fully saturated rings. The fraction of sp³-hybridized carbons (Fsp3) is 0.600. The average Bonchev–Trinajstić information content (AvgIpc) is 2.38. The van der Waals surface area contributed by atoms with Crippen LogP contribution >= 0.6 is 0 Å². The quantitative estimate of drug-likeness (QED) is 0.890. The summed E-state index contributed by atoms with van der Waals surface area (Å²) in [5, 5.41) is 0. The van der Waals surface area contributed by atoms with Gasteiger partial charge in [-0.15, -0.1) is 0 Å². The van der Waals surface area contributed by atoms with Crippen LogP contribution in [0.15, 0.2) is 23.1 Å². The summed E-state index contributed by atoms with van der Waals surface area (Å²) < 4.78 is 32.9. The standard InChI is InChI=1S/C15H24N2O3S/c1-12-4-5-15(13(2)10-12)21(18,19)16-7-6-14-11-17(3)8-9-20-14/h4-5,10,14,16H,6-9,11H2,1-3H3. The van der Waals surface area contributed by atoms with Crippen LogP contribution in [0.2, 0.25) is 0 Å². The average molecular weight is 312 g/mol. The molecule has 1 unspecified atom stereocenters. The normalized spacial score (nSPS) is 20.6. The summed E-state index contributed by atoms with van der Waals surface area (Å²) in [4.78, 5) is 2.56. The summed E-state index contributed by atoms with van der Waals surface area (Å²) in [6, 6.07) is 5.37. The largest absolute Gasteiger partial charge is 0.376 e. The smallest absolute Gasteiger partial charge is 0.240 e. The molecule has 1 N–H and O–H groups in total. The van der Waals surface area contributed by atoms with E-state index in [9.17, 15) is 8.42 Å². The van der Waals surface area contributed by atoms with Crippen LogP contribution in [0.1, 0.15) is 17.5 Å². The number of sulfonamides is 1. The molecular formula is C15H24N2O3S. The SMILES string of the molecule is Cc1ccc(S(=O)(=O)NCCC2CN(C)CCO2)c(C)c1. The molecule has 21 heavy (non-hydrogen) atoms. The lowest BCUT2D eigenvalue weighted by Crippen LogP contribution is -2.41. The lowest BCUT2D eigenvalue weighted by atomic mass is 10.2. The van der Waals surface area contributed by atoms with E-state index in [0.717, 1.165) is 24.2 Å². The van der Waals surface area contributed by atoms with Crippen molar-refractivity contribution in [3.63, 3.8) is 0 Å². The third-order valence-corrected chi connectivity index (χ3v) is 5.34. The van der Waals surface area contributed by atoms with Crippen LogP contribution in [0.5, 0.6) is 0 Å². The summed E-state index contributed by atoms with van der Waals surface area (Å²) >= 11 is 0. The number of nitrogens with one attached hydrogen (secondary N) is 1. The van der Waals surface area contributed by atoms with E-state index in [-0.39, 0.29) is 6.10 Å². The van der Waals surface area contributed by atoms with E-state index >= 15 is 0 Å². The third-order valence-electron chi connectivity index (χ3n) is 3.72. The molecule has 0 radical (unpaired) electrons. The van der Waals surface area contributed by atoms with Crippen LogP contribution in [-0.2, 0) is 14.8 Å². The van der Waals surface area contributed by atoms with Crippen LogP contribution in [0, 0.1) is 13.8 Å². The molecule has 0 spiro atoms. The van der Waals surface area contributed by atoms with Crippen molar-refractivity contribution in [1.29, 1.82) is 0 Å². The van der Waals surface area contributed by atoms with E-state index in [2.05, 4.69) is 16.7 Å². The van der Waals surface area contributed by atoms with Crippen LogP contribution in [0.3, 0.4) is 0 Å². The highest BCUT2D eigenvalue weighted by Gasteiger charge is 2.20. The van der Waals surface area contributed by atoms with Gasteiger partial charge in [0.2, 0.25) is 10.0 Å². The van der Waals surface area contributed by atoms with Gasteiger partial charge in [0.1, 0.15) is 0 Å². The monoisotopic (exact) mass is 312 g/mol. The Labute approximate surface area is 127 Å². The molecule has 0 aromatic heterocycles. The van der Waals surface area contributed by atoms with Crippen molar-refractivity contribution in [1.82, 2.24) is 9.62 Å². The van der Waals surface area contributed by atoms with Crippen molar-refractivity contribution in [2.75, 3.05) is 33.3 Å². The maximum atomic E-state index is 12.3. The summed E-state index contributed by atoms with van der Waals surface area (Å²) in [6.45, 7) is 6.67. The minimum absolute atomic E-state index is 0.102. The second kappa shape index (κ2) is 6.87. The molecule has 6 heteroatoms. The van der Waals surface area contributed by atoms with Gasteiger partial charge in [-0.25, -0.2) is 13.1 Å². The Morgan fingerprint density at radius 2 is 2.14 bits per heavy atom. The predicted octanol–water partition coefficient (Wildman–Crippen LogP) is 1.30. The van der Waals surface area contributed by atoms with E-state index in [1.165, 1.54) is 0 Å². The van der Waals surface area contributed by atoms with E-state index in [4.69, 9.17) is 4.74 Å². The molecule has 0 amide bonds. The van der Waals surface area contributed by atoms with Crippen molar-refractivity contribution >= 4 is 10.0 Å². The molecule has 1 aliphatic heterocycles. The molecule has 5 nitrogen and oxygen atoms in total. The third kappa shape index (κ3) is 4.51. The van der Waals surface area contributed by atoms with Crippen molar-refractivity contribution < 1.29 is 13.2 Å². The second-order valence-electron chi connectivity index (χ2n) is 5.71. The second-order valence-corrected chi connectivity index (χ2v) is 7.45. The first kappa shape index (κ1) is 16.4. The zero-order valence-electron chi connectivity index (χ0n) is 12.9. The number of hydrogen-bond acceptors (Lipinski definition) is 4. The van der Waals surface area contributed by atoms with Gasteiger partial charge < -0.3 is 9.64 Å². The molecule has 1 saturated heterocycles. The van der Waals surface area contributed by atoms with Crippen molar-refractivity contribution in [2.24, 2.45) is 0 Å². The molecule has 1 atom stereocenters. The predicted molar refractivity (Wildman–Crippen MR) is 83.0 cm³/mol. The van der Waals surface area contributed by atoms with E-state index in [1.54, 1.807) is 6.07 Å². The zero-order valence-corrected chi connectivity index (χ0v) is 13.7. The van der Waals surface area contributed by atoms with Gasteiger partial charge >= 0.3 is 0 Å². The number of likely N-dealkylation sites (N-methyl/N-ethyl adjacent to an activating group) is 1. The van der Waals surface area contributed by atoms with Crippen LogP contribution in [0.4, 0.5) is 0 Å². The first-order valence-electron chi connectivity index (χ1n) is 7.25. The topological polar surface area (TPSA) is 58.6 Å².